The second-order valence-electron chi connectivity index (χ2n) is 3.94. The van der Waals surface area contributed by atoms with E-state index in [9.17, 15) is 16.8 Å². The Hall–Kier alpha value is -1.32. The van der Waals surface area contributed by atoms with Crippen LogP contribution in [0.15, 0.2) is 23.1 Å². The minimum atomic E-state index is -3.41. The maximum absolute atomic E-state index is 11.5. The third-order valence-electron chi connectivity index (χ3n) is 2.46. The van der Waals surface area contributed by atoms with E-state index in [1.807, 2.05) is 0 Å². The number of sulfone groups is 1. The van der Waals surface area contributed by atoms with E-state index in [0.717, 1.165) is 6.26 Å². The monoisotopic (exact) mass is 307 g/mol. The van der Waals surface area contributed by atoms with Crippen molar-refractivity contribution in [3.8, 4) is 0 Å². The van der Waals surface area contributed by atoms with Gasteiger partial charge in [-0.3, -0.25) is 0 Å². The Morgan fingerprint density at radius 2 is 1.84 bits per heavy atom. The topological polar surface area (TPSA) is 118 Å². The molecule has 0 unspecified atom stereocenters. The number of benzene rings is 1. The molecule has 19 heavy (non-hydrogen) atoms. The van der Waals surface area contributed by atoms with E-state index in [-0.39, 0.29) is 22.9 Å². The van der Waals surface area contributed by atoms with E-state index in [4.69, 9.17) is 5.73 Å². The molecule has 108 valence electrons. The molecule has 0 heterocycles. The van der Waals surface area contributed by atoms with Crippen LogP contribution in [0.1, 0.15) is 0 Å². The number of nitrogens with two attached hydrogens (primary N) is 1. The van der Waals surface area contributed by atoms with Crippen LogP contribution in [0.25, 0.3) is 0 Å². The Labute approximate surface area is 113 Å². The molecule has 0 radical (unpaired) electrons. The van der Waals surface area contributed by atoms with Crippen LogP contribution in [-0.4, -0.2) is 42.4 Å². The van der Waals surface area contributed by atoms with Crippen molar-refractivity contribution in [2.24, 2.45) is 0 Å². The number of nitrogens with one attached hydrogen (secondary N) is 2. The Kier molecular flexibility index (Phi) is 4.77. The molecule has 4 N–H and O–H groups in total. The summed E-state index contributed by atoms with van der Waals surface area (Å²) in [5.74, 6) is -0.133. The molecule has 0 amide bonds. The number of para-hydroxylation sites is 1. The van der Waals surface area contributed by atoms with E-state index in [1.165, 1.54) is 13.1 Å². The van der Waals surface area contributed by atoms with Crippen molar-refractivity contribution in [3.63, 3.8) is 0 Å². The third kappa shape index (κ3) is 4.37. The molecule has 1 rings (SSSR count). The van der Waals surface area contributed by atoms with Gasteiger partial charge in [0.15, 0.2) is 9.84 Å². The SMILES string of the molecule is CNS(=O)(=O)CCNc1cccc(S(C)(=O)=O)c1N. The van der Waals surface area contributed by atoms with E-state index >= 15 is 0 Å². The Balaban J connectivity index is 2.87. The van der Waals surface area contributed by atoms with Crippen molar-refractivity contribution in [1.82, 2.24) is 4.72 Å². The Morgan fingerprint density at radius 1 is 1.21 bits per heavy atom. The van der Waals surface area contributed by atoms with E-state index in [2.05, 4.69) is 10.0 Å². The summed E-state index contributed by atoms with van der Waals surface area (Å²) in [5.41, 5.74) is 6.23. The van der Waals surface area contributed by atoms with Crippen molar-refractivity contribution < 1.29 is 16.8 Å². The zero-order chi connectivity index (χ0) is 14.7. The van der Waals surface area contributed by atoms with E-state index < -0.39 is 19.9 Å². The largest absolute Gasteiger partial charge is 0.396 e. The van der Waals surface area contributed by atoms with Crippen LogP contribution in [0, 0.1) is 0 Å². The fourth-order valence-corrected chi connectivity index (χ4v) is 2.85. The van der Waals surface area contributed by atoms with Crippen LogP contribution >= 0.6 is 0 Å². The molecule has 0 aliphatic heterocycles. The van der Waals surface area contributed by atoms with Crippen molar-refractivity contribution in [1.29, 1.82) is 0 Å². The fraction of sp³-hybridized carbons (Fsp3) is 0.400. The van der Waals surface area contributed by atoms with Gasteiger partial charge in [-0.05, 0) is 19.2 Å². The molecule has 1 aromatic carbocycles. The average Bonchev–Trinajstić information content (AvgIpc) is 2.29. The van der Waals surface area contributed by atoms with Gasteiger partial charge in [-0.25, -0.2) is 21.6 Å². The second kappa shape index (κ2) is 5.76. The van der Waals surface area contributed by atoms with E-state index in [1.54, 1.807) is 12.1 Å². The predicted molar refractivity (Wildman–Crippen MR) is 75.3 cm³/mol. The predicted octanol–water partition coefficient (Wildman–Crippen LogP) is -0.367. The van der Waals surface area contributed by atoms with Gasteiger partial charge in [0.2, 0.25) is 10.0 Å². The highest BCUT2D eigenvalue weighted by molar-refractivity contribution is 7.91. The summed E-state index contributed by atoms with van der Waals surface area (Å²) in [6.45, 7) is 0.126. The summed E-state index contributed by atoms with van der Waals surface area (Å²) in [7, 11) is -5.39. The van der Waals surface area contributed by atoms with Crippen LogP contribution in [0.3, 0.4) is 0 Å². The highest BCUT2D eigenvalue weighted by atomic mass is 32.2. The summed E-state index contributed by atoms with van der Waals surface area (Å²) in [4.78, 5) is 0.0222. The number of hydrogen-bond acceptors (Lipinski definition) is 6. The summed E-state index contributed by atoms with van der Waals surface area (Å²) < 4.78 is 47.6. The average molecular weight is 307 g/mol. The van der Waals surface area contributed by atoms with Gasteiger partial charge in [0.05, 0.1) is 22.0 Å². The smallest absolute Gasteiger partial charge is 0.213 e. The maximum Gasteiger partial charge on any atom is 0.213 e. The quantitative estimate of drug-likeness (QED) is 0.617. The molecule has 0 atom stereocenters. The first-order valence-electron chi connectivity index (χ1n) is 5.41. The van der Waals surface area contributed by atoms with Crippen molar-refractivity contribution >= 4 is 31.2 Å². The Bertz CT molecular complexity index is 653. The highest BCUT2D eigenvalue weighted by Crippen LogP contribution is 2.26. The first-order chi connectivity index (χ1) is 8.67. The molecule has 7 nitrogen and oxygen atoms in total. The van der Waals surface area contributed by atoms with Crippen LogP contribution in [-0.2, 0) is 19.9 Å². The third-order valence-corrected chi connectivity index (χ3v) is 4.98. The van der Waals surface area contributed by atoms with Gasteiger partial charge in [-0.15, -0.1) is 0 Å². The first-order valence-corrected chi connectivity index (χ1v) is 8.95. The summed E-state index contributed by atoms with van der Waals surface area (Å²) in [6, 6.07) is 4.54. The Morgan fingerprint density at radius 3 is 2.37 bits per heavy atom. The molecule has 1 aromatic rings. The van der Waals surface area contributed by atoms with Gasteiger partial charge in [0.1, 0.15) is 0 Å². The van der Waals surface area contributed by atoms with Gasteiger partial charge in [0, 0.05) is 12.8 Å². The van der Waals surface area contributed by atoms with Crippen molar-refractivity contribution in [2.45, 2.75) is 4.90 Å². The van der Waals surface area contributed by atoms with Gasteiger partial charge in [-0.2, -0.15) is 0 Å². The zero-order valence-corrected chi connectivity index (χ0v) is 12.3. The lowest BCUT2D eigenvalue weighted by atomic mass is 10.2. The number of nitrogen functional groups attached to an aromatic ring is 1. The molecule has 0 spiro atoms. The number of rotatable bonds is 6. The standard InChI is InChI=1S/C10H17N3O4S2/c1-12-19(16,17)7-6-13-8-4-3-5-9(10(8)11)18(2,14)15/h3-5,12-13H,6-7,11H2,1-2H3. The van der Waals surface area contributed by atoms with Crippen molar-refractivity contribution in [2.75, 3.05) is 36.7 Å². The number of hydrogen-bond donors (Lipinski definition) is 3. The molecule has 0 saturated heterocycles. The van der Waals surface area contributed by atoms with Gasteiger partial charge in [0.25, 0.3) is 0 Å². The van der Waals surface area contributed by atoms with Gasteiger partial charge < -0.3 is 11.1 Å². The van der Waals surface area contributed by atoms with Gasteiger partial charge in [-0.1, -0.05) is 6.07 Å². The fourth-order valence-electron chi connectivity index (χ4n) is 1.44. The zero-order valence-electron chi connectivity index (χ0n) is 10.7. The lowest BCUT2D eigenvalue weighted by Gasteiger charge is -2.12. The van der Waals surface area contributed by atoms with E-state index in [0.29, 0.717) is 5.69 Å². The molecular weight excluding hydrogens is 290 g/mol. The minimum absolute atomic E-state index is 0.0222. The molecule has 0 aliphatic carbocycles. The lowest BCUT2D eigenvalue weighted by Crippen LogP contribution is -2.26. The molecule has 9 heteroatoms. The molecular formula is C10H17N3O4S2. The maximum atomic E-state index is 11.5. The highest BCUT2D eigenvalue weighted by Gasteiger charge is 2.14. The van der Waals surface area contributed by atoms with Crippen LogP contribution in [0.5, 0.6) is 0 Å². The minimum Gasteiger partial charge on any atom is -0.396 e. The number of anilines is 2. The number of sulfonamides is 1. The first kappa shape index (κ1) is 15.7. The summed E-state index contributed by atoms with van der Waals surface area (Å²) >= 11 is 0. The molecule has 0 fully saturated rings. The normalized spacial score (nSPS) is 12.3. The van der Waals surface area contributed by atoms with Crippen molar-refractivity contribution in [3.05, 3.63) is 18.2 Å². The molecule has 0 aliphatic rings. The molecule has 0 bridgehead atoms. The summed E-state index contributed by atoms with van der Waals surface area (Å²) in [5, 5.41) is 2.81. The second-order valence-corrected chi connectivity index (χ2v) is 7.97. The summed E-state index contributed by atoms with van der Waals surface area (Å²) in [6.07, 6.45) is 1.06. The molecule has 0 saturated carbocycles. The lowest BCUT2D eigenvalue weighted by molar-refractivity contribution is 0.588. The van der Waals surface area contributed by atoms with Crippen LogP contribution in [0.4, 0.5) is 11.4 Å². The van der Waals surface area contributed by atoms with Crippen LogP contribution < -0.4 is 15.8 Å². The molecule has 0 aromatic heterocycles. The van der Waals surface area contributed by atoms with Gasteiger partial charge >= 0.3 is 0 Å². The van der Waals surface area contributed by atoms with Crippen LogP contribution in [0.2, 0.25) is 0 Å².